The van der Waals surface area contributed by atoms with E-state index >= 15 is 0 Å². The number of thiophene rings is 1. The molecular formula is C19H21N3O3S2. The molecule has 0 spiro atoms. The summed E-state index contributed by atoms with van der Waals surface area (Å²) in [6.45, 7) is 4.04. The van der Waals surface area contributed by atoms with E-state index in [1.807, 2.05) is 25.1 Å². The largest absolute Gasteiger partial charge is 0.497 e. The zero-order chi connectivity index (χ0) is 19.6. The molecular weight excluding hydrogens is 382 g/mol. The quantitative estimate of drug-likeness (QED) is 0.506. The highest BCUT2D eigenvalue weighted by Crippen LogP contribution is 2.31. The Hall–Kier alpha value is -2.32. The fourth-order valence-corrected chi connectivity index (χ4v) is 4.87. The Morgan fingerprint density at radius 1 is 1.41 bits per heavy atom. The standard InChI is InChI=1S/C19H21N3O3S2/c1-5-14-11(2)16-17(27-14)21-19(26-10-15(23)20-3)22(18(16)24)12-7-6-8-13(9-12)25-4/h6-9H,5,10H2,1-4H3,(H,20,23). The zero-order valence-electron chi connectivity index (χ0n) is 15.7. The van der Waals surface area contributed by atoms with Crippen LogP contribution in [0.2, 0.25) is 0 Å². The Labute approximate surface area is 165 Å². The molecule has 0 unspecified atom stereocenters. The first-order valence-electron chi connectivity index (χ1n) is 8.53. The number of aromatic nitrogens is 2. The van der Waals surface area contributed by atoms with Crippen LogP contribution in [0.1, 0.15) is 17.4 Å². The van der Waals surface area contributed by atoms with E-state index in [9.17, 15) is 9.59 Å². The first-order valence-corrected chi connectivity index (χ1v) is 10.3. The first-order chi connectivity index (χ1) is 13.0. The van der Waals surface area contributed by atoms with Crippen molar-refractivity contribution in [3.05, 3.63) is 45.1 Å². The molecule has 0 radical (unpaired) electrons. The maximum absolute atomic E-state index is 13.4. The molecule has 2 aromatic heterocycles. The normalized spacial score (nSPS) is 11.0. The van der Waals surface area contributed by atoms with Gasteiger partial charge in [-0.05, 0) is 31.0 Å². The SMILES string of the molecule is CCc1sc2nc(SCC(=O)NC)n(-c3cccc(OC)c3)c(=O)c2c1C. The summed E-state index contributed by atoms with van der Waals surface area (Å²) in [7, 11) is 3.17. The van der Waals surface area contributed by atoms with E-state index in [1.165, 1.54) is 11.8 Å². The lowest BCUT2D eigenvalue weighted by Gasteiger charge is -2.13. The lowest BCUT2D eigenvalue weighted by atomic mass is 10.2. The van der Waals surface area contributed by atoms with Crippen molar-refractivity contribution >= 4 is 39.2 Å². The van der Waals surface area contributed by atoms with Crippen LogP contribution in [0.4, 0.5) is 0 Å². The topological polar surface area (TPSA) is 73.2 Å². The van der Waals surface area contributed by atoms with E-state index < -0.39 is 0 Å². The third-order valence-electron chi connectivity index (χ3n) is 4.28. The monoisotopic (exact) mass is 403 g/mol. The first kappa shape index (κ1) is 19.4. The minimum absolute atomic E-state index is 0.122. The van der Waals surface area contributed by atoms with Gasteiger partial charge in [-0.3, -0.25) is 14.2 Å². The van der Waals surface area contributed by atoms with E-state index in [0.29, 0.717) is 26.8 Å². The molecule has 8 heteroatoms. The van der Waals surface area contributed by atoms with Gasteiger partial charge >= 0.3 is 0 Å². The number of methoxy groups -OCH3 is 1. The maximum Gasteiger partial charge on any atom is 0.267 e. The van der Waals surface area contributed by atoms with Crippen LogP contribution in [0.3, 0.4) is 0 Å². The molecule has 142 valence electrons. The zero-order valence-corrected chi connectivity index (χ0v) is 17.3. The van der Waals surface area contributed by atoms with Gasteiger partial charge in [-0.2, -0.15) is 0 Å². The van der Waals surface area contributed by atoms with Gasteiger partial charge in [0.2, 0.25) is 5.91 Å². The number of amides is 1. The van der Waals surface area contributed by atoms with Crippen LogP contribution in [-0.4, -0.2) is 35.4 Å². The second-order valence-corrected chi connectivity index (χ2v) is 7.91. The predicted molar refractivity (Wildman–Crippen MR) is 111 cm³/mol. The number of carbonyl (C=O) groups excluding carboxylic acids is 1. The number of thioether (sulfide) groups is 1. The van der Waals surface area contributed by atoms with Gasteiger partial charge < -0.3 is 10.1 Å². The molecule has 6 nitrogen and oxygen atoms in total. The van der Waals surface area contributed by atoms with Gasteiger partial charge in [0.25, 0.3) is 5.56 Å². The maximum atomic E-state index is 13.4. The number of benzene rings is 1. The molecule has 0 aliphatic carbocycles. The molecule has 0 atom stereocenters. The second kappa shape index (κ2) is 8.14. The highest BCUT2D eigenvalue weighted by molar-refractivity contribution is 7.99. The Kier molecular flexibility index (Phi) is 5.86. The van der Waals surface area contributed by atoms with Crippen molar-refractivity contribution in [3.8, 4) is 11.4 Å². The van der Waals surface area contributed by atoms with Crippen molar-refractivity contribution < 1.29 is 9.53 Å². The lowest BCUT2D eigenvalue weighted by Crippen LogP contribution is -2.24. The van der Waals surface area contributed by atoms with E-state index in [4.69, 9.17) is 9.72 Å². The van der Waals surface area contributed by atoms with Crippen LogP contribution >= 0.6 is 23.1 Å². The molecule has 1 aromatic carbocycles. The summed E-state index contributed by atoms with van der Waals surface area (Å²) in [6, 6.07) is 7.28. The summed E-state index contributed by atoms with van der Waals surface area (Å²) in [4.78, 5) is 31.7. The minimum atomic E-state index is -0.124. The number of aryl methyl sites for hydroxylation is 2. The average Bonchev–Trinajstić information content (AvgIpc) is 3.01. The van der Waals surface area contributed by atoms with Gasteiger partial charge in [0.05, 0.1) is 23.9 Å². The fourth-order valence-electron chi connectivity index (χ4n) is 2.82. The van der Waals surface area contributed by atoms with Crippen molar-refractivity contribution in [2.24, 2.45) is 0 Å². The van der Waals surface area contributed by atoms with E-state index in [2.05, 4.69) is 12.2 Å². The van der Waals surface area contributed by atoms with Gasteiger partial charge in [0, 0.05) is 18.0 Å². The number of ether oxygens (including phenoxy) is 1. The fraction of sp³-hybridized carbons (Fsp3) is 0.316. The van der Waals surface area contributed by atoms with Gasteiger partial charge in [0.15, 0.2) is 5.16 Å². The smallest absolute Gasteiger partial charge is 0.267 e. The Morgan fingerprint density at radius 3 is 2.85 bits per heavy atom. The van der Waals surface area contributed by atoms with Crippen LogP contribution in [-0.2, 0) is 11.2 Å². The molecule has 0 bridgehead atoms. The molecule has 27 heavy (non-hydrogen) atoms. The lowest BCUT2D eigenvalue weighted by molar-refractivity contribution is -0.118. The number of carbonyl (C=O) groups is 1. The third kappa shape index (κ3) is 3.72. The minimum Gasteiger partial charge on any atom is -0.497 e. The van der Waals surface area contributed by atoms with Crippen molar-refractivity contribution in [3.63, 3.8) is 0 Å². The molecule has 0 saturated heterocycles. The summed E-state index contributed by atoms with van der Waals surface area (Å²) in [5.41, 5.74) is 1.52. The van der Waals surface area contributed by atoms with Crippen molar-refractivity contribution in [2.75, 3.05) is 19.9 Å². The number of hydrogen-bond donors (Lipinski definition) is 1. The van der Waals surface area contributed by atoms with E-state index in [-0.39, 0.29) is 17.2 Å². The molecule has 1 N–H and O–H groups in total. The predicted octanol–water partition coefficient (Wildman–Crippen LogP) is 3.16. The number of hydrogen-bond acceptors (Lipinski definition) is 6. The Morgan fingerprint density at radius 2 is 2.19 bits per heavy atom. The summed E-state index contributed by atoms with van der Waals surface area (Å²) < 4.78 is 6.87. The average molecular weight is 404 g/mol. The van der Waals surface area contributed by atoms with Crippen molar-refractivity contribution in [1.82, 2.24) is 14.9 Å². The van der Waals surface area contributed by atoms with Crippen molar-refractivity contribution in [2.45, 2.75) is 25.4 Å². The Bertz CT molecular complexity index is 1060. The summed E-state index contributed by atoms with van der Waals surface area (Å²) in [6.07, 6.45) is 0.853. The number of rotatable bonds is 6. The second-order valence-electron chi connectivity index (χ2n) is 5.88. The van der Waals surface area contributed by atoms with Crippen LogP contribution in [0.25, 0.3) is 15.9 Å². The summed E-state index contributed by atoms with van der Waals surface area (Å²) in [5, 5.41) is 3.73. The van der Waals surface area contributed by atoms with Crippen LogP contribution < -0.4 is 15.6 Å². The Balaban J connectivity index is 2.26. The highest BCUT2D eigenvalue weighted by atomic mass is 32.2. The van der Waals surface area contributed by atoms with Gasteiger partial charge in [-0.25, -0.2) is 4.98 Å². The highest BCUT2D eigenvalue weighted by Gasteiger charge is 2.19. The number of fused-ring (bicyclic) bond motifs is 1. The van der Waals surface area contributed by atoms with Gasteiger partial charge in [-0.1, -0.05) is 24.8 Å². The molecule has 0 aliphatic heterocycles. The molecule has 0 saturated carbocycles. The molecule has 0 aliphatic rings. The molecule has 2 heterocycles. The summed E-state index contributed by atoms with van der Waals surface area (Å²) in [5.74, 6) is 0.713. The van der Waals surface area contributed by atoms with Gasteiger partial charge in [0.1, 0.15) is 10.6 Å². The molecule has 1 amide bonds. The van der Waals surface area contributed by atoms with E-state index in [0.717, 1.165) is 16.9 Å². The van der Waals surface area contributed by atoms with Crippen LogP contribution in [0, 0.1) is 6.92 Å². The third-order valence-corrected chi connectivity index (χ3v) is 6.54. The number of nitrogens with zero attached hydrogens (tertiary/aromatic N) is 2. The van der Waals surface area contributed by atoms with E-state index in [1.54, 1.807) is 36.1 Å². The van der Waals surface area contributed by atoms with Gasteiger partial charge in [-0.15, -0.1) is 11.3 Å². The van der Waals surface area contributed by atoms with Crippen LogP contribution in [0.5, 0.6) is 5.75 Å². The number of nitrogens with one attached hydrogen (secondary N) is 1. The van der Waals surface area contributed by atoms with Crippen LogP contribution in [0.15, 0.2) is 34.2 Å². The molecule has 3 aromatic rings. The molecule has 0 fully saturated rings. The molecule has 3 rings (SSSR count). The summed E-state index contributed by atoms with van der Waals surface area (Å²) >= 11 is 2.79. The van der Waals surface area contributed by atoms with Crippen molar-refractivity contribution in [1.29, 1.82) is 0 Å².